The van der Waals surface area contributed by atoms with E-state index in [-0.39, 0.29) is 22.8 Å². The van der Waals surface area contributed by atoms with Crippen LogP contribution in [-0.2, 0) is 9.53 Å². The average molecular weight is 577 g/mol. The molecule has 0 amide bonds. The zero-order valence-corrected chi connectivity index (χ0v) is 23.7. The third-order valence-electron chi connectivity index (χ3n) is 6.50. The fraction of sp³-hybridized carbons (Fsp3) is 0.200. The first-order chi connectivity index (χ1) is 19.0. The first kappa shape index (κ1) is 27.4. The second-order valence-corrected chi connectivity index (χ2v) is 11.0. The summed E-state index contributed by atoms with van der Waals surface area (Å²) >= 11 is 7.30. The van der Waals surface area contributed by atoms with Crippen LogP contribution in [0.4, 0.5) is 0 Å². The number of carbonyl (C=O) groups excluding carboxylic acids is 1. The van der Waals surface area contributed by atoms with Gasteiger partial charge in [0.05, 0.1) is 33.5 Å². The number of halogens is 1. The van der Waals surface area contributed by atoms with Crippen LogP contribution in [0.15, 0.2) is 80.1 Å². The van der Waals surface area contributed by atoms with Crippen molar-refractivity contribution in [2.24, 2.45) is 4.99 Å². The van der Waals surface area contributed by atoms with Crippen molar-refractivity contribution in [3.8, 4) is 11.3 Å². The van der Waals surface area contributed by atoms with E-state index in [1.807, 2.05) is 0 Å². The number of carboxylic acids is 1. The van der Waals surface area contributed by atoms with Gasteiger partial charge in [-0.2, -0.15) is 0 Å². The molecule has 0 fully saturated rings. The van der Waals surface area contributed by atoms with E-state index in [4.69, 9.17) is 20.8 Å². The number of thiazole rings is 1. The fourth-order valence-electron chi connectivity index (χ4n) is 4.66. The molecule has 1 aliphatic heterocycles. The van der Waals surface area contributed by atoms with E-state index < -0.39 is 18.0 Å². The second-order valence-electron chi connectivity index (χ2n) is 9.57. The molecule has 0 saturated carbocycles. The van der Waals surface area contributed by atoms with Crippen molar-refractivity contribution in [1.29, 1.82) is 0 Å². The molecule has 0 radical (unpaired) electrons. The lowest BCUT2D eigenvalue weighted by Gasteiger charge is -2.25. The molecule has 2 aromatic carbocycles. The third kappa shape index (κ3) is 5.05. The summed E-state index contributed by atoms with van der Waals surface area (Å²) in [5.41, 5.74) is 2.51. The van der Waals surface area contributed by atoms with Gasteiger partial charge in [0, 0.05) is 16.7 Å². The molecule has 2 aromatic heterocycles. The molecule has 0 saturated heterocycles. The Morgan fingerprint density at radius 2 is 1.85 bits per heavy atom. The van der Waals surface area contributed by atoms with Gasteiger partial charge in [-0.3, -0.25) is 9.36 Å². The lowest BCUT2D eigenvalue weighted by Crippen LogP contribution is -2.40. The highest BCUT2D eigenvalue weighted by Crippen LogP contribution is 2.32. The molecule has 8 nitrogen and oxygen atoms in total. The molecule has 10 heteroatoms. The van der Waals surface area contributed by atoms with Crippen LogP contribution in [0.2, 0.25) is 5.02 Å². The van der Waals surface area contributed by atoms with Crippen molar-refractivity contribution < 1.29 is 23.8 Å². The van der Waals surface area contributed by atoms with Gasteiger partial charge in [0.15, 0.2) is 4.80 Å². The van der Waals surface area contributed by atoms with Crippen LogP contribution in [0, 0.1) is 6.92 Å². The van der Waals surface area contributed by atoms with Crippen molar-refractivity contribution in [2.75, 3.05) is 0 Å². The lowest BCUT2D eigenvalue weighted by molar-refractivity contribution is -0.143. The molecule has 0 spiro atoms. The predicted molar refractivity (Wildman–Crippen MR) is 152 cm³/mol. The molecule has 4 aromatic rings. The quantitative estimate of drug-likeness (QED) is 0.319. The Hall–Kier alpha value is -4.21. The summed E-state index contributed by atoms with van der Waals surface area (Å²) in [4.78, 5) is 43.6. The van der Waals surface area contributed by atoms with Gasteiger partial charge >= 0.3 is 11.9 Å². The summed E-state index contributed by atoms with van der Waals surface area (Å²) in [6, 6.07) is 14.6. The van der Waals surface area contributed by atoms with Crippen LogP contribution in [-0.4, -0.2) is 27.7 Å². The van der Waals surface area contributed by atoms with Crippen LogP contribution in [0.1, 0.15) is 54.1 Å². The Labute approximate surface area is 238 Å². The third-order valence-corrected chi connectivity index (χ3v) is 7.73. The standard InChI is InChI=1S/C30H25ClN2O6S/c1-15(2)38-29(37)25-17(4)32-30-33(26(25)18-8-10-19(31)11-9-18)27(34)24(40-30)14-20-12-13-23(39-20)21-6-5-7-22(16(21)3)28(35)36/h5-15,26H,1-4H3,(H,35,36)/b24-14-/t26-/m0/s1. The molecule has 0 unspecified atom stereocenters. The minimum atomic E-state index is -1.02. The van der Waals surface area contributed by atoms with Crippen LogP contribution < -0.4 is 14.9 Å². The Morgan fingerprint density at radius 1 is 1.12 bits per heavy atom. The minimum absolute atomic E-state index is 0.188. The fourth-order valence-corrected chi connectivity index (χ4v) is 5.81. The van der Waals surface area contributed by atoms with E-state index in [0.29, 0.717) is 48.3 Å². The number of hydrogen-bond donors (Lipinski definition) is 1. The summed E-state index contributed by atoms with van der Waals surface area (Å²) in [6.07, 6.45) is 1.27. The van der Waals surface area contributed by atoms with Crippen LogP contribution in [0.5, 0.6) is 0 Å². The second kappa shape index (κ2) is 10.7. The molecule has 1 atom stereocenters. The van der Waals surface area contributed by atoms with E-state index >= 15 is 0 Å². The molecule has 0 aliphatic carbocycles. The number of hydrogen-bond acceptors (Lipinski definition) is 7. The zero-order chi connectivity index (χ0) is 28.7. The number of ether oxygens (including phenoxy) is 1. The van der Waals surface area contributed by atoms with Crippen molar-refractivity contribution >= 4 is 41.0 Å². The van der Waals surface area contributed by atoms with Gasteiger partial charge in [-0.1, -0.05) is 47.2 Å². The van der Waals surface area contributed by atoms with Gasteiger partial charge in [-0.05, 0) is 69.2 Å². The Bertz CT molecular complexity index is 1860. The summed E-state index contributed by atoms with van der Waals surface area (Å²) in [5, 5.41) is 9.99. The molecular formula is C30H25ClN2O6S. The summed E-state index contributed by atoms with van der Waals surface area (Å²) in [7, 11) is 0. The van der Waals surface area contributed by atoms with E-state index in [1.54, 1.807) is 82.3 Å². The average Bonchev–Trinajstić information content (AvgIpc) is 3.47. The normalized spacial score (nSPS) is 15.2. The van der Waals surface area contributed by atoms with Crippen molar-refractivity contribution in [3.05, 3.63) is 113 Å². The van der Waals surface area contributed by atoms with Crippen LogP contribution in [0.25, 0.3) is 17.4 Å². The number of carboxylic acid groups (broad SMARTS) is 1. The number of benzene rings is 2. The molecular weight excluding hydrogens is 552 g/mol. The number of allylic oxidation sites excluding steroid dienone is 1. The Balaban J connectivity index is 1.62. The molecule has 0 bridgehead atoms. The molecule has 1 aliphatic rings. The van der Waals surface area contributed by atoms with E-state index in [2.05, 4.69) is 4.99 Å². The first-order valence-electron chi connectivity index (χ1n) is 12.5. The minimum Gasteiger partial charge on any atom is -0.478 e. The number of rotatable bonds is 6. The molecule has 204 valence electrons. The Morgan fingerprint density at radius 3 is 2.52 bits per heavy atom. The number of nitrogens with zero attached hydrogens (tertiary/aromatic N) is 2. The maximum absolute atomic E-state index is 13.8. The maximum atomic E-state index is 13.8. The van der Waals surface area contributed by atoms with Crippen LogP contribution in [0.3, 0.4) is 0 Å². The van der Waals surface area contributed by atoms with E-state index in [9.17, 15) is 19.5 Å². The largest absolute Gasteiger partial charge is 0.478 e. The number of furan rings is 1. The molecule has 5 rings (SSSR count). The van der Waals surface area contributed by atoms with Crippen LogP contribution >= 0.6 is 22.9 Å². The maximum Gasteiger partial charge on any atom is 0.338 e. The molecule has 1 N–H and O–H groups in total. The van der Waals surface area contributed by atoms with Gasteiger partial charge < -0.3 is 14.3 Å². The number of carbonyl (C=O) groups is 2. The smallest absolute Gasteiger partial charge is 0.338 e. The zero-order valence-electron chi connectivity index (χ0n) is 22.1. The Kier molecular flexibility index (Phi) is 7.35. The van der Waals surface area contributed by atoms with Gasteiger partial charge in [-0.15, -0.1) is 0 Å². The number of fused-ring (bicyclic) bond motifs is 1. The van der Waals surface area contributed by atoms with Crippen molar-refractivity contribution in [2.45, 2.75) is 39.8 Å². The SMILES string of the molecule is CC1=C(C(=O)OC(C)C)[C@H](c2ccc(Cl)cc2)n2c(s/c(=C\c3ccc(-c4cccc(C(=O)O)c4C)o3)c2=O)=N1. The highest BCUT2D eigenvalue weighted by molar-refractivity contribution is 7.07. The number of aromatic nitrogens is 1. The van der Waals surface area contributed by atoms with Gasteiger partial charge in [0.25, 0.3) is 5.56 Å². The van der Waals surface area contributed by atoms with E-state index in [0.717, 1.165) is 0 Å². The van der Waals surface area contributed by atoms with Gasteiger partial charge in [0.1, 0.15) is 11.5 Å². The molecule has 40 heavy (non-hydrogen) atoms. The molecule has 3 heterocycles. The summed E-state index contributed by atoms with van der Waals surface area (Å²) in [5.74, 6) is -0.665. The van der Waals surface area contributed by atoms with Crippen molar-refractivity contribution in [1.82, 2.24) is 4.57 Å². The topological polar surface area (TPSA) is 111 Å². The monoisotopic (exact) mass is 576 g/mol. The first-order valence-corrected chi connectivity index (χ1v) is 13.7. The highest BCUT2D eigenvalue weighted by Gasteiger charge is 2.33. The van der Waals surface area contributed by atoms with Crippen molar-refractivity contribution in [3.63, 3.8) is 0 Å². The lowest BCUT2D eigenvalue weighted by atomic mass is 9.96. The van der Waals surface area contributed by atoms with E-state index in [1.165, 1.54) is 22.0 Å². The predicted octanol–water partition coefficient (Wildman–Crippen LogP) is 5.11. The summed E-state index contributed by atoms with van der Waals surface area (Å²) < 4.78 is 13.4. The highest BCUT2D eigenvalue weighted by atomic mass is 35.5. The number of aromatic carboxylic acids is 1. The summed E-state index contributed by atoms with van der Waals surface area (Å²) in [6.45, 7) is 6.97. The van der Waals surface area contributed by atoms with Gasteiger partial charge in [-0.25, -0.2) is 14.6 Å². The van der Waals surface area contributed by atoms with Gasteiger partial charge in [0.2, 0.25) is 0 Å². The number of esters is 1.